The Morgan fingerprint density at radius 3 is 2.47 bits per heavy atom. The molecule has 2 amide bonds. The molecule has 0 aromatic rings. The summed E-state index contributed by atoms with van der Waals surface area (Å²) in [5, 5.41) is 17.5. The SMILES string of the molecule is CC(CO)N(C)C(=O)N1CC(C(=O)O)C1. The molecule has 1 rings (SSSR count). The highest BCUT2D eigenvalue weighted by molar-refractivity contribution is 5.79. The van der Waals surface area contributed by atoms with Crippen LogP contribution in [0.5, 0.6) is 0 Å². The van der Waals surface area contributed by atoms with E-state index in [0.29, 0.717) is 0 Å². The molecule has 1 fully saturated rings. The van der Waals surface area contributed by atoms with Gasteiger partial charge < -0.3 is 20.0 Å². The molecule has 1 atom stereocenters. The van der Waals surface area contributed by atoms with Gasteiger partial charge in [-0.15, -0.1) is 0 Å². The number of rotatable bonds is 3. The van der Waals surface area contributed by atoms with Crippen LogP contribution in [-0.4, -0.2) is 64.8 Å². The van der Waals surface area contributed by atoms with E-state index in [-0.39, 0.29) is 31.8 Å². The lowest BCUT2D eigenvalue weighted by atomic mass is 10.0. The number of aliphatic hydroxyl groups excluding tert-OH is 1. The number of urea groups is 1. The van der Waals surface area contributed by atoms with Crippen molar-refractivity contribution in [2.45, 2.75) is 13.0 Å². The second-order valence-electron chi connectivity index (χ2n) is 3.87. The van der Waals surface area contributed by atoms with E-state index in [2.05, 4.69) is 0 Å². The summed E-state index contributed by atoms with van der Waals surface area (Å²) in [5.74, 6) is -1.30. The molecule has 6 heteroatoms. The molecular formula is C9H16N2O4. The number of likely N-dealkylation sites (tertiary alicyclic amines) is 1. The smallest absolute Gasteiger partial charge is 0.320 e. The molecule has 6 nitrogen and oxygen atoms in total. The molecular weight excluding hydrogens is 200 g/mol. The van der Waals surface area contributed by atoms with Gasteiger partial charge in [-0.05, 0) is 6.92 Å². The van der Waals surface area contributed by atoms with E-state index in [1.54, 1.807) is 14.0 Å². The lowest BCUT2D eigenvalue weighted by molar-refractivity contribution is -0.146. The number of carbonyl (C=O) groups is 2. The Hall–Kier alpha value is -1.30. The third kappa shape index (κ3) is 2.38. The minimum atomic E-state index is -0.864. The first-order valence-electron chi connectivity index (χ1n) is 4.82. The number of aliphatic hydroxyl groups is 1. The maximum absolute atomic E-state index is 11.6. The van der Waals surface area contributed by atoms with Crippen molar-refractivity contribution >= 4 is 12.0 Å². The number of aliphatic carboxylic acids is 1. The quantitative estimate of drug-likeness (QED) is 0.662. The third-order valence-electron chi connectivity index (χ3n) is 2.73. The highest BCUT2D eigenvalue weighted by Crippen LogP contribution is 2.17. The topological polar surface area (TPSA) is 81.1 Å². The summed E-state index contributed by atoms with van der Waals surface area (Å²) in [6, 6.07) is -0.476. The van der Waals surface area contributed by atoms with Gasteiger partial charge in [0.1, 0.15) is 0 Å². The predicted octanol–water partition coefficient (Wildman–Crippen LogP) is -0.565. The Bertz CT molecular complexity index is 263. The lowest BCUT2D eigenvalue weighted by Crippen LogP contribution is -2.57. The Morgan fingerprint density at radius 2 is 2.07 bits per heavy atom. The van der Waals surface area contributed by atoms with E-state index >= 15 is 0 Å². The lowest BCUT2D eigenvalue weighted by Gasteiger charge is -2.40. The summed E-state index contributed by atoms with van der Waals surface area (Å²) in [6.07, 6.45) is 0. The molecule has 0 spiro atoms. The summed E-state index contributed by atoms with van der Waals surface area (Å²) < 4.78 is 0. The molecule has 0 aliphatic carbocycles. The van der Waals surface area contributed by atoms with Crippen molar-refractivity contribution in [3.8, 4) is 0 Å². The normalized spacial score (nSPS) is 18.2. The van der Waals surface area contributed by atoms with E-state index in [0.717, 1.165) is 0 Å². The minimum absolute atomic E-state index is 0.0988. The van der Waals surface area contributed by atoms with Gasteiger partial charge >= 0.3 is 12.0 Å². The fourth-order valence-corrected chi connectivity index (χ4v) is 1.33. The number of hydrogen-bond acceptors (Lipinski definition) is 3. The Labute approximate surface area is 88.1 Å². The van der Waals surface area contributed by atoms with Crippen LogP contribution >= 0.6 is 0 Å². The first-order valence-corrected chi connectivity index (χ1v) is 4.82. The molecule has 0 aromatic carbocycles. The summed E-state index contributed by atoms with van der Waals surface area (Å²) in [7, 11) is 1.59. The highest BCUT2D eigenvalue weighted by Gasteiger charge is 2.37. The molecule has 1 saturated heterocycles. The van der Waals surface area contributed by atoms with Gasteiger partial charge in [-0.3, -0.25) is 4.79 Å². The van der Waals surface area contributed by atoms with Crippen LogP contribution < -0.4 is 0 Å². The average Bonchev–Trinajstić information content (AvgIpc) is 2.12. The fourth-order valence-electron chi connectivity index (χ4n) is 1.33. The Kier molecular flexibility index (Phi) is 3.52. The van der Waals surface area contributed by atoms with Crippen LogP contribution in [0.1, 0.15) is 6.92 Å². The Morgan fingerprint density at radius 1 is 1.53 bits per heavy atom. The van der Waals surface area contributed by atoms with Crippen molar-refractivity contribution in [2.24, 2.45) is 5.92 Å². The molecule has 2 N–H and O–H groups in total. The molecule has 0 radical (unpaired) electrons. The highest BCUT2D eigenvalue weighted by atomic mass is 16.4. The Balaban J connectivity index is 2.41. The van der Waals surface area contributed by atoms with Crippen LogP contribution in [0.3, 0.4) is 0 Å². The van der Waals surface area contributed by atoms with Crippen molar-refractivity contribution in [3.05, 3.63) is 0 Å². The van der Waals surface area contributed by atoms with Crippen molar-refractivity contribution < 1.29 is 19.8 Å². The van der Waals surface area contributed by atoms with Crippen molar-refractivity contribution in [2.75, 3.05) is 26.7 Å². The van der Waals surface area contributed by atoms with E-state index in [9.17, 15) is 9.59 Å². The van der Waals surface area contributed by atoms with Gasteiger partial charge in [-0.1, -0.05) is 0 Å². The van der Waals surface area contributed by atoms with Crippen molar-refractivity contribution in [3.63, 3.8) is 0 Å². The summed E-state index contributed by atoms with van der Waals surface area (Å²) in [6.45, 7) is 2.15. The van der Waals surface area contributed by atoms with Crippen LogP contribution in [0.25, 0.3) is 0 Å². The van der Waals surface area contributed by atoms with Gasteiger partial charge in [0.15, 0.2) is 0 Å². The van der Waals surface area contributed by atoms with Gasteiger partial charge in [-0.2, -0.15) is 0 Å². The van der Waals surface area contributed by atoms with Crippen LogP contribution in [0.2, 0.25) is 0 Å². The zero-order valence-electron chi connectivity index (χ0n) is 8.88. The first-order chi connectivity index (χ1) is 6.97. The number of hydrogen-bond donors (Lipinski definition) is 2. The van der Waals surface area contributed by atoms with Gasteiger partial charge in [-0.25, -0.2) is 4.79 Å². The summed E-state index contributed by atoms with van der Waals surface area (Å²) in [4.78, 5) is 25.0. The second kappa shape index (κ2) is 4.48. The summed E-state index contributed by atoms with van der Waals surface area (Å²) in [5.41, 5.74) is 0. The average molecular weight is 216 g/mol. The molecule has 1 unspecified atom stereocenters. The molecule has 1 aliphatic heterocycles. The van der Waals surface area contributed by atoms with Gasteiger partial charge in [0, 0.05) is 20.1 Å². The molecule has 86 valence electrons. The molecule has 1 heterocycles. The van der Waals surface area contributed by atoms with Gasteiger partial charge in [0.05, 0.1) is 18.6 Å². The van der Waals surface area contributed by atoms with E-state index in [1.807, 2.05) is 0 Å². The summed E-state index contributed by atoms with van der Waals surface area (Å²) >= 11 is 0. The maximum atomic E-state index is 11.6. The van der Waals surface area contributed by atoms with Crippen LogP contribution in [0.4, 0.5) is 4.79 Å². The van der Waals surface area contributed by atoms with E-state index in [1.165, 1.54) is 9.80 Å². The molecule has 1 aliphatic rings. The second-order valence-corrected chi connectivity index (χ2v) is 3.87. The number of carboxylic acid groups (broad SMARTS) is 1. The van der Waals surface area contributed by atoms with Crippen LogP contribution in [-0.2, 0) is 4.79 Å². The number of nitrogens with zero attached hydrogens (tertiary/aromatic N) is 2. The largest absolute Gasteiger partial charge is 0.481 e. The van der Waals surface area contributed by atoms with Crippen molar-refractivity contribution in [1.29, 1.82) is 0 Å². The zero-order valence-corrected chi connectivity index (χ0v) is 8.88. The molecule has 0 saturated carbocycles. The monoisotopic (exact) mass is 216 g/mol. The molecule has 15 heavy (non-hydrogen) atoms. The number of amides is 2. The fraction of sp³-hybridized carbons (Fsp3) is 0.778. The predicted molar refractivity (Wildman–Crippen MR) is 52.4 cm³/mol. The molecule has 0 bridgehead atoms. The van der Waals surface area contributed by atoms with Gasteiger partial charge in [0.25, 0.3) is 0 Å². The first kappa shape index (κ1) is 11.8. The number of carboxylic acids is 1. The van der Waals surface area contributed by atoms with Crippen LogP contribution in [0.15, 0.2) is 0 Å². The third-order valence-corrected chi connectivity index (χ3v) is 2.73. The van der Waals surface area contributed by atoms with Crippen LogP contribution in [0, 0.1) is 5.92 Å². The molecule has 0 aromatic heterocycles. The van der Waals surface area contributed by atoms with Crippen molar-refractivity contribution in [1.82, 2.24) is 9.80 Å². The maximum Gasteiger partial charge on any atom is 0.320 e. The zero-order chi connectivity index (χ0) is 11.6. The minimum Gasteiger partial charge on any atom is -0.481 e. The van der Waals surface area contributed by atoms with E-state index in [4.69, 9.17) is 10.2 Å². The number of likely N-dealkylation sites (N-methyl/N-ethyl adjacent to an activating group) is 1. The standard InChI is InChI=1S/C9H16N2O4/c1-6(5-12)10(2)9(15)11-3-7(4-11)8(13)14/h6-7,12H,3-5H2,1-2H3,(H,13,14). The van der Waals surface area contributed by atoms with E-state index < -0.39 is 11.9 Å². The van der Waals surface area contributed by atoms with Gasteiger partial charge in [0.2, 0.25) is 0 Å². The number of carbonyl (C=O) groups excluding carboxylic acids is 1.